The first-order valence-corrected chi connectivity index (χ1v) is 4.17. The van der Waals surface area contributed by atoms with E-state index in [1.807, 2.05) is 4.90 Å². The van der Waals surface area contributed by atoms with Crippen LogP contribution in [-0.2, 0) is 4.79 Å². The maximum absolute atomic E-state index is 10.4. The number of aliphatic hydroxyl groups excluding tert-OH is 1. The van der Waals surface area contributed by atoms with Gasteiger partial charge < -0.3 is 10.0 Å². The highest BCUT2D eigenvalue weighted by Crippen LogP contribution is 2.37. The number of nitrogens with zero attached hydrogens (tertiary/aromatic N) is 1. The van der Waals surface area contributed by atoms with Crippen LogP contribution in [0.5, 0.6) is 0 Å². The van der Waals surface area contributed by atoms with Gasteiger partial charge in [0.1, 0.15) is 0 Å². The third-order valence-corrected chi connectivity index (χ3v) is 2.90. The van der Waals surface area contributed by atoms with Crippen LogP contribution in [0.15, 0.2) is 0 Å². The number of fused-ring (bicyclic) bond motifs is 1. The Morgan fingerprint density at radius 2 is 1.82 bits per heavy atom. The van der Waals surface area contributed by atoms with Gasteiger partial charge in [0.05, 0.1) is 6.10 Å². The molecule has 1 N–H and O–H groups in total. The lowest BCUT2D eigenvalue weighted by Gasteiger charge is -2.10. The minimum Gasteiger partial charge on any atom is -0.393 e. The first-order valence-electron chi connectivity index (χ1n) is 4.17. The monoisotopic (exact) mass is 155 g/mol. The van der Waals surface area contributed by atoms with Crippen molar-refractivity contribution < 1.29 is 9.90 Å². The third kappa shape index (κ3) is 1.13. The number of hydrogen-bond donors (Lipinski definition) is 1. The van der Waals surface area contributed by atoms with Crippen LogP contribution >= 0.6 is 0 Å². The van der Waals surface area contributed by atoms with E-state index in [-0.39, 0.29) is 6.10 Å². The molecule has 3 nitrogen and oxygen atoms in total. The predicted molar refractivity (Wildman–Crippen MR) is 39.9 cm³/mol. The van der Waals surface area contributed by atoms with Crippen molar-refractivity contribution in [3.05, 3.63) is 0 Å². The minimum atomic E-state index is -0.0983. The summed E-state index contributed by atoms with van der Waals surface area (Å²) < 4.78 is 0. The fourth-order valence-electron chi connectivity index (χ4n) is 2.39. The zero-order valence-corrected chi connectivity index (χ0v) is 6.44. The molecule has 1 amide bonds. The second-order valence-electron chi connectivity index (χ2n) is 3.70. The highest BCUT2D eigenvalue weighted by Gasteiger charge is 2.39. The third-order valence-electron chi connectivity index (χ3n) is 2.90. The molecule has 62 valence electrons. The van der Waals surface area contributed by atoms with Gasteiger partial charge in [0.25, 0.3) is 0 Å². The molecule has 1 saturated carbocycles. The normalized spacial score (nSPS) is 42.6. The molecule has 0 spiro atoms. The van der Waals surface area contributed by atoms with Crippen molar-refractivity contribution in [2.75, 3.05) is 13.1 Å². The Hall–Kier alpha value is -0.570. The summed E-state index contributed by atoms with van der Waals surface area (Å²) in [6, 6.07) is 0. The lowest BCUT2D eigenvalue weighted by Crippen LogP contribution is -2.20. The van der Waals surface area contributed by atoms with E-state index >= 15 is 0 Å². The number of rotatable bonds is 1. The van der Waals surface area contributed by atoms with Gasteiger partial charge in [-0.05, 0) is 24.7 Å². The van der Waals surface area contributed by atoms with Crippen LogP contribution in [0.4, 0.5) is 0 Å². The highest BCUT2D eigenvalue weighted by atomic mass is 16.3. The molecular formula is C8H13NO2. The molecule has 2 fully saturated rings. The number of carbonyl (C=O) groups is 1. The van der Waals surface area contributed by atoms with E-state index in [1.165, 1.54) is 0 Å². The zero-order valence-electron chi connectivity index (χ0n) is 6.44. The molecule has 0 aromatic carbocycles. The smallest absolute Gasteiger partial charge is 0.209 e. The quantitative estimate of drug-likeness (QED) is 0.535. The van der Waals surface area contributed by atoms with Gasteiger partial charge in [0.15, 0.2) is 0 Å². The van der Waals surface area contributed by atoms with E-state index in [2.05, 4.69) is 0 Å². The fraction of sp³-hybridized carbons (Fsp3) is 0.875. The van der Waals surface area contributed by atoms with E-state index in [1.54, 1.807) is 0 Å². The number of likely N-dealkylation sites (tertiary alicyclic amines) is 1. The van der Waals surface area contributed by atoms with Gasteiger partial charge in [-0.1, -0.05) is 0 Å². The average molecular weight is 155 g/mol. The molecule has 2 unspecified atom stereocenters. The van der Waals surface area contributed by atoms with Crippen molar-refractivity contribution in [2.45, 2.75) is 18.9 Å². The summed E-state index contributed by atoms with van der Waals surface area (Å²) >= 11 is 0. The van der Waals surface area contributed by atoms with Crippen LogP contribution in [0, 0.1) is 11.8 Å². The van der Waals surface area contributed by atoms with Crippen molar-refractivity contribution in [1.29, 1.82) is 0 Å². The van der Waals surface area contributed by atoms with Crippen molar-refractivity contribution in [3.8, 4) is 0 Å². The second kappa shape index (κ2) is 2.48. The predicted octanol–water partition coefficient (Wildman–Crippen LogP) is -0.155. The summed E-state index contributed by atoms with van der Waals surface area (Å²) in [5.41, 5.74) is 0. The van der Waals surface area contributed by atoms with Gasteiger partial charge in [-0.2, -0.15) is 0 Å². The number of aliphatic hydroxyl groups is 1. The molecular weight excluding hydrogens is 142 g/mol. The van der Waals surface area contributed by atoms with E-state index in [0.717, 1.165) is 32.3 Å². The minimum absolute atomic E-state index is 0.0983. The summed E-state index contributed by atoms with van der Waals surface area (Å²) in [7, 11) is 0. The number of carbonyl (C=O) groups excluding carboxylic acids is 1. The van der Waals surface area contributed by atoms with Crippen molar-refractivity contribution in [1.82, 2.24) is 4.90 Å². The summed E-state index contributed by atoms with van der Waals surface area (Å²) in [5, 5.41) is 9.29. The lowest BCUT2D eigenvalue weighted by atomic mass is 10.0. The van der Waals surface area contributed by atoms with Crippen molar-refractivity contribution >= 4 is 6.41 Å². The SMILES string of the molecule is O=CN1CC2CC(O)CC2C1. The summed E-state index contributed by atoms with van der Waals surface area (Å²) in [5.74, 6) is 1.16. The van der Waals surface area contributed by atoms with Gasteiger partial charge in [-0.3, -0.25) is 4.79 Å². The largest absolute Gasteiger partial charge is 0.393 e. The highest BCUT2D eigenvalue weighted by molar-refractivity contribution is 5.47. The topological polar surface area (TPSA) is 40.5 Å². The fourth-order valence-corrected chi connectivity index (χ4v) is 2.39. The Balaban J connectivity index is 1.98. The van der Waals surface area contributed by atoms with Gasteiger partial charge in [0, 0.05) is 13.1 Å². The van der Waals surface area contributed by atoms with E-state index in [9.17, 15) is 9.90 Å². The van der Waals surface area contributed by atoms with Gasteiger partial charge in [-0.25, -0.2) is 0 Å². The molecule has 0 radical (unpaired) electrons. The zero-order chi connectivity index (χ0) is 7.84. The molecule has 3 heteroatoms. The van der Waals surface area contributed by atoms with Crippen molar-refractivity contribution in [3.63, 3.8) is 0 Å². The lowest BCUT2D eigenvalue weighted by molar-refractivity contribution is -0.117. The maximum Gasteiger partial charge on any atom is 0.209 e. The Bertz CT molecular complexity index is 157. The Labute approximate surface area is 66.0 Å². The van der Waals surface area contributed by atoms with Crippen LogP contribution in [0.1, 0.15) is 12.8 Å². The summed E-state index contributed by atoms with van der Waals surface area (Å²) in [6.07, 6.45) is 2.62. The molecule has 0 aromatic heterocycles. The van der Waals surface area contributed by atoms with Crippen LogP contribution < -0.4 is 0 Å². The first-order chi connectivity index (χ1) is 5.29. The standard InChI is InChI=1S/C8H13NO2/c10-5-9-3-6-1-8(11)2-7(6)4-9/h5-8,11H,1-4H2. The van der Waals surface area contributed by atoms with Crippen LogP contribution in [0.25, 0.3) is 0 Å². The molecule has 2 rings (SSSR count). The molecule has 0 bridgehead atoms. The summed E-state index contributed by atoms with van der Waals surface area (Å²) in [4.78, 5) is 12.2. The molecule has 2 atom stereocenters. The first kappa shape index (κ1) is 7.10. The molecule has 2 aliphatic rings. The molecule has 11 heavy (non-hydrogen) atoms. The molecule has 1 saturated heterocycles. The summed E-state index contributed by atoms with van der Waals surface area (Å²) in [6.45, 7) is 1.73. The van der Waals surface area contributed by atoms with Gasteiger partial charge >= 0.3 is 0 Å². The maximum atomic E-state index is 10.4. The molecule has 1 aliphatic carbocycles. The van der Waals surface area contributed by atoms with Crippen LogP contribution in [0.2, 0.25) is 0 Å². The van der Waals surface area contributed by atoms with Gasteiger partial charge in [0.2, 0.25) is 6.41 Å². The second-order valence-corrected chi connectivity index (χ2v) is 3.70. The van der Waals surface area contributed by atoms with Gasteiger partial charge in [-0.15, -0.1) is 0 Å². The van der Waals surface area contributed by atoms with E-state index in [4.69, 9.17) is 0 Å². The van der Waals surface area contributed by atoms with E-state index < -0.39 is 0 Å². The van der Waals surface area contributed by atoms with E-state index in [0.29, 0.717) is 11.8 Å². The number of hydrogen-bond acceptors (Lipinski definition) is 2. The molecule has 1 heterocycles. The van der Waals surface area contributed by atoms with Crippen molar-refractivity contribution in [2.24, 2.45) is 11.8 Å². The van der Waals surface area contributed by atoms with Crippen LogP contribution in [0.3, 0.4) is 0 Å². The Morgan fingerprint density at radius 1 is 1.27 bits per heavy atom. The molecule has 1 aliphatic heterocycles. The molecule has 0 aromatic rings. The average Bonchev–Trinajstić information content (AvgIpc) is 2.43. The Kier molecular flexibility index (Phi) is 1.60. The Morgan fingerprint density at radius 3 is 2.27 bits per heavy atom. The number of amides is 1. The van der Waals surface area contributed by atoms with Crippen LogP contribution in [-0.4, -0.2) is 35.6 Å².